The van der Waals surface area contributed by atoms with Crippen LogP contribution in [0.25, 0.3) is 10.9 Å². The van der Waals surface area contributed by atoms with Crippen molar-refractivity contribution < 1.29 is 4.79 Å². The van der Waals surface area contributed by atoms with E-state index >= 15 is 0 Å². The summed E-state index contributed by atoms with van der Waals surface area (Å²) in [5, 5.41) is 8.29. The van der Waals surface area contributed by atoms with E-state index in [-0.39, 0.29) is 5.91 Å². The number of benzene rings is 1. The number of fused-ring (bicyclic) bond motifs is 1. The smallest absolute Gasteiger partial charge is 0.222 e. The molecule has 0 saturated heterocycles. The van der Waals surface area contributed by atoms with Crippen molar-refractivity contribution in [2.24, 2.45) is 0 Å². The lowest BCUT2D eigenvalue weighted by Gasteiger charge is -2.06. The van der Waals surface area contributed by atoms with E-state index in [1.165, 1.54) is 5.39 Å². The van der Waals surface area contributed by atoms with Gasteiger partial charge in [-0.1, -0.05) is 12.1 Å². The van der Waals surface area contributed by atoms with Gasteiger partial charge < -0.3 is 10.3 Å². The molecule has 0 atom stereocenters. The van der Waals surface area contributed by atoms with Crippen molar-refractivity contribution in [3.05, 3.63) is 54.0 Å². The van der Waals surface area contributed by atoms with Crippen molar-refractivity contribution in [1.29, 1.82) is 0 Å². The van der Waals surface area contributed by atoms with Crippen LogP contribution in [0.4, 0.5) is 0 Å². The molecule has 21 heavy (non-hydrogen) atoms. The third-order valence-corrected chi connectivity index (χ3v) is 3.44. The third-order valence-electron chi connectivity index (χ3n) is 3.44. The Kier molecular flexibility index (Phi) is 3.73. The van der Waals surface area contributed by atoms with E-state index in [4.69, 9.17) is 0 Å². The van der Waals surface area contributed by atoms with Crippen molar-refractivity contribution in [1.82, 2.24) is 20.1 Å². The van der Waals surface area contributed by atoms with Crippen LogP contribution in [0, 0.1) is 6.92 Å². The largest absolute Gasteiger partial charge is 0.361 e. The van der Waals surface area contributed by atoms with Crippen LogP contribution in [-0.2, 0) is 17.9 Å². The number of amides is 1. The average Bonchev–Trinajstić information content (AvgIpc) is 3.10. The first-order valence-electron chi connectivity index (χ1n) is 7.02. The Morgan fingerprint density at radius 1 is 1.38 bits per heavy atom. The van der Waals surface area contributed by atoms with E-state index in [1.807, 2.05) is 31.5 Å². The normalized spacial score (nSPS) is 10.9. The molecule has 3 rings (SSSR count). The summed E-state index contributed by atoms with van der Waals surface area (Å²) in [7, 11) is 0. The van der Waals surface area contributed by atoms with E-state index < -0.39 is 0 Å². The molecule has 0 radical (unpaired) electrons. The lowest BCUT2D eigenvalue weighted by Crippen LogP contribution is -2.24. The van der Waals surface area contributed by atoms with Gasteiger partial charge in [0.1, 0.15) is 0 Å². The van der Waals surface area contributed by atoms with Crippen molar-refractivity contribution in [3.63, 3.8) is 0 Å². The molecule has 0 aliphatic rings. The van der Waals surface area contributed by atoms with Crippen LogP contribution in [0.5, 0.6) is 0 Å². The van der Waals surface area contributed by atoms with Gasteiger partial charge in [0.2, 0.25) is 5.91 Å². The Morgan fingerprint density at radius 2 is 2.29 bits per heavy atom. The minimum atomic E-state index is 0.0368. The lowest BCUT2D eigenvalue weighted by atomic mass is 10.1. The van der Waals surface area contributed by atoms with Gasteiger partial charge in [-0.15, -0.1) is 0 Å². The van der Waals surface area contributed by atoms with E-state index in [0.717, 1.165) is 16.6 Å². The fraction of sp³-hybridized carbons (Fsp3) is 0.250. The number of nitrogens with zero attached hydrogens (tertiary/aromatic N) is 2. The van der Waals surface area contributed by atoms with Crippen LogP contribution < -0.4 is 5.32 Å². The molecular weight excluding hydrogens is 264 g/mol. The number of hydrogen-bond donors (Lipinski definition) is 2. The highest BCUT2D eigenvalue weighted by molar-refractivity contribution is 5.80. The number of rotatable bonds is 5. The first kappa shape index (κ1) is 13.4. The highest BCUT2D eigenvalue weighted by Gasteiger charge is 2.03. The van der Waals surface area contributed by atoms with Gasteiger partial charge in [0, 0.05) is 37.4 Å². The van der Waals surface area contributed by atoms with Gasteiger partial charge in [-0.25, -0.2) is 0 Å². The van der Waals surface area contributed by atoms with Gasteiger partial charge in [0.15, 0.2) is 0 Å². The number of nitrogens with one attached hydrogen (secondary N) is 2. The Hall–Kier alpha value is -2.56. The molecular formula is C16H18N4O. The number of carbonyl (C=O) groups is 1. The summed E-state index contributed by atoms with van der Waals surface area (Å²) in [6.07, 6.45) is 6.08. The third kappa shape index (κ3) is 3.31. The molecule has 2 N–H and O–H groups in total. The fourth-order valence-corrected chi connectivity index (χ4v) is 2.30. The van der Waals surface area contributed by atoms with Gasteiger partial charge in [-0.2, -0.15) is 5.10 Å². The Balaban J connectivity index is 1.50. The second-order valence-electron chi connectivity index (χ2n) is 5.21. The minimum Gasteiger partial charge on any atom is -0.361 e. The standard InChI is InChI=1S/C16H18N4O/c1-12-9-19-20(11-12)7-5-16(21)18-10-13-2-3-14-4-6-17-15(14)8-13/h2-4,6,8-9,11,17H,5,7,10H2,1H3,(H,18,21). The topological polar surface area (TPSA) is 62.7 Å². The predicted molar refractivity (Wildman–Crippen MR) is 81.7 cm³/mol. The molecule has 0 spiro atoms. The van der Waals surface area contributed by atoms with Crippen molar-refractivity contribution in [3.8, 4) is 0 Å². The second kappa shape index (κ2) is 5.83. The zero-order valence-electron chi connectivity index (χ0n) is 12.0. The van der Waals surface area contributed by atoms with Crippen LogP contribution in [0.2, 0.25) is 0 Å². The lowest BCUT2D eigenvalue weighted by molar-refractivity contribution is -0.121. The number of H-pyrrole nitrogens is 1. The quantitative estimate of drug-likeness (QED) is 0.754. The van der Waals surface area contributed by atoms with Crippen LogP contribution >= 0.6 is 0 Å². The van der Waals surface area contributed by atoms with E-state index in [2.05, 4.69) is 27.5 Å². The molecule has 1 aromatic carbocycles. The second-order valence-corrected chi connectivity index (χ2v) is 5.21. The van der Waals surface area contributed by atoms with Crippen molar-refractivity contribution in [2.75, 3.05) is 0 Å². The van der Waals surface area contributed by atoms with Crippen molar-refractivity contribution >= 4 is 16.8 Å². The summed E-state index contributed by atoms with van der Waals surface area (Å²) < 4.78 is 1.79. The molecule has 108 valence electrons. The molecule has 1 amide bonds. The summed E-state index contributed by atoms with van der Waals surface area (Å²) in [5.41, 5.74) is 3.29. The zero-order valence-corrected chi connectivity index (χ0v) is 12.0. The first-order chi connectivity index (χ1) is 10.2. The summed E-state index contributed by atoms with van der Waals surface area (Å²) in [6, 6.07) is 8.18. The van der Waals surface area contributed by atoms with Crippen LogP contribution in [0.15, 0.2) is 42.9 Å². The fourth-order valence-electron chi connectivity index (χ4n) is 2.30. The van der Waals surface area contributed by atoms with Crippen LogP contribution in [0.3, 0.4) is 0 Å². The molecule has 0 bridgehead atoms. The van der Waals surface area contributed by atoms with Gasteiger partial charge >= 0.3 is 0 Å². The molecule has 0 aliphatic heterocycles. The monoisotopic (exact) mass is 282 g/mol. The molecule has 3 aromatic rings. The molecule has 0 saturated carbocycles. The van der Waals surface area contributed by atoms with Gasteiger partial charge in [0.25, 0.3) is 0 Å². The summed E-state index contributed by atoms with van der Waals surface area (Å²) in [4.78, 5) is 15.0. The summed E-state index contributed by atoms with van der Waals surface area (Å²) >= 11 is 0. The van der Waals surface area contributed by atoms with Crippen LogP contribution in [-0.4, -0.2) is 20.7 Å². The Labute approximate surface area is 123 Å². The zero-order chi connectivity index (χ0) is 14.7. The Morgan fingerprint density at radius 3 is 3.10 bits per heavy atom. The highest BCUT2D eigenvalue weighted by Crippen LogP contribution is 2.13. The number of aryl methyl sites for hydroxylation is 2. The van der Waals surface area contributed by atoms with Gasteiger partial charge in [0.05, 0.1) is 6.20 Å². The van der Waals surface area contributed by atoms with Gasteiger partial charge in [-0.05, 0) is 35.6 Å². The molecule has 0 unspecified atom stereocenters. The molecule has 5 heteroatoms. The van der Waals surface area contributed by atoms with E-state index in [9.17, 15) is 4.79 Å². The number of hydrogen-bond acceptors (Lipinski definition) is 2. The van der Waals surface area contributed by atoms with E-state index in [1.54, 1.807) is 10.9 Å². The Bertz CT molecular complexity index is 756. The molecule has 5 nitrogen and oxygen atoms in total. The molecule has 0 fully saturated rings. The predicted octanol–water partition coefficient (Wildman–Crippen LogP) is 2.38. The number of aromatic amines is 1. The van der Waals surface area contributed by atoms with Crippen molar-refractivity contribution in [2.45, 2.75) is 26.4 Å². The maximum atomic E-state index is 11.9. The summed E-state index contributed by atoms with van der Waals surface area (Å²) in [5.74, 6) is 0.0368. The maximum Gasteiger partial charge on any atom is 0.222 e. The molecule has 2 aromatic heterocycles. The summed E-state index contributed by atoms with van der Waals surface area (Å²) in [6.45, 7) is 3.14. The molecule has 2 heterocycles. The number of aromatic nitrogens is 3. The maximum absolute atomic E-state index is 11.9. The first-order valence-corrected chi connectivity index (χ1v) is 7.02. The number of carbonyl (C=O) groups excluding carboxylic acids is 1. The highest BCUT2D eigenvalue weighted by atomic mass is 16.1. The minimum absolute atomic E-state index is 0.0368. The average molecular weight is 282 g/mol. The van der Waals surface area contributed by atoms with Gasteiger partial charge in [-0.3, -0.25) is 9.48 Å². The van der Waals surface area contributed by atoms with Crippen LogP contribution in [0.1, 0.15) is 17.5 Å². The van der Waals surface area contributed by atoms with E-state index in [0.29, 0.717) is 19.5 Å². The molecule has 0 aliphatic carbocycles. The SMILES string of the molecule is Cc1cnn(CCC(=O)NCc2ccc3cc[nH]c3c2)c1.